The van der Waals surface area contributed by atoms with Gasteiger partial charge in [0, 0.05) is 53.7 Å². The first kappa shape index (κ1) is 19.6. The molecule has 8 nitrogen and oxygen atoms in total. The minimum Gasteiger partial charge on any atom is -0.493 e. The van der Waals surface area contributed by atoms with Crippen LogP contribution in [0.2, 0.25) is 0 Å². The van der Waals surface area contributed by atoms with Crippen molar-refractivity contribution < 1.29 is 18.4 Å². The van der Waals surface area contributed by atoms with Gasteiger partial charge in [0.2, 0.25) is 12.4 Å². The molecule has 4 rings (SSSR count). The number of benzene rings is 1. The van der Waals surface area contributed by atoms with E-state index in [0.29, 0.717) is 35.7 Å². The number of fused-ring (bicyclic) bond motifs is 1. The quantitative estimate of drug-likeness (QED) is 0.468. The van der Waals surface area contributed by atoms with Gasteiger partial charge in [-0.25, -0.2) is 14.4 Å². The number of nitro groups is 1. The van der Waals surface area contributed by atoms with Crippen molar-refractivity contribution in [2.75, 3.05) is 25.1 Å². The third-order valence-corrected chi connectivity index (χ3v) is 4.97. The van der Waals surface area contributed by atoms with Gasteiger partial charge < -0.3 is 9.64 Å². The van der Waals surface area contributed by atoms with E-state index >= 15 is 0 Å². The minimum atomic E-state index is -1.10. The molecule has 0 spiro atoms. The van der Waals surface area contributed by atoms with Crippen LogP contribution in [0.15, 0.2) is 42.7 Å². The van der Waals surface area contributed by atoms with E-state index in [9.17, 15) is 18.9 Å². The second kappa shape index (κ2) is 7.97. The molecule has 2 aromatic heterocycles. The van der Waals surface area contributed by atoms with Gasteiger partial charge in [-0.2, -0.15) is 4.39 Å². The summed E-state index contributed by atoms with van der Waals surface area (Å²) in [6.07, 6.45) is 3.63. The van der Waals surface area contributed by atoms with Gasteiger partial charge in [0.15, 0.2) is 17.4 Å². The molecule has 154 valence electrons. The summed E-state index contributed by atoms with van der Waals surface area (Å²) in [4.78, 5) is 25.7. The molecule has 3 heterocycles. The van der Waals surface area contributed by atoms with Gasteiger partial charge in [-0.1, -0.05) is 6.07 Å². The lowest BCUT2D eigenvalue weighted by Gasteiger charge is -2.36. The normalized spacial score (nSPS) is 15.6. The van der Waals surface area contributed by atoms with Crippen molar-refractivity contribution in [3.05, 3.63) is 75.7 Å². The zero-order valence-corrected chi connectivity index (χ0v) is 16.0. The molecule has 30 heavy (non-hydrogen) atoms. The average Bonchev–Trinajstić information content (AvgIpc) is 2.75. The summed E-state index contributed by atoms with van der Waals surface area (Å²) in [5.41, 5.74) is 2.13. The number of aromatic nitrogens is 3. The number of ether oxygens (including phenoxy) is 1. The van der Waals surface area contributed by atoms with Crippen LogP contribution in [0, 0.1) is 21.7 Å². The zero-order valence-electron chi connectivity index (χ0n) is 16.0. The number of pyridine rings is 1. The van der Waals surface area contributed by atoms with Gasteiger partial charge in [0.1, 0.15) is 11.7 Å². The maximum atomic E-state index is 14.1. The molecule has 0 radical (unpaired) electrons. The summed E-state index contributed by atoms with van der Waals surface area (Å²) in [7, 11) is 1.23. The highest BCUT2D eigenvalue weighted by atomic mass is 19.2. The Morgan fingerprint density at radius 1 is 1.30 bits per heavy atom. The Morgan fingerprint density at radius 2 is 2.13 bits per heavy atom. The summed E-state index contributed by atoms with van der Waals surface area (Å²) in [6.45, 7) is -0.112. The molecule has 0 bridgehead atoms. The number of halogens is 2. The molecule has 0 saturated heterocycles. The van der Waals surface area contributed by atoms with Gasteiger partial charge in [0.25, 0.3) is 0 Å². The summed E-state index contributed by atoms with van der Waals surface area (Å²) in [6, 6.07) is 6.98. The maximum Gasteiger partial charge on any atom is 0.228 e. The van der Waals surface area contributed by atoms with E-state index in [2.05, 4.69) is 15.0 Å². The van der Waals surface area contributed by atoms with E-state index in [4.69, 9.17) is 4.74 Å². The van der Waals surface area contributed by atoms with Crippen molar-refractivity contribution in [3.63, 3.8) is 0 Å². The van der Waals surface area contributed by atoms with Crippen LogP contribution in [0.4, 0.5) is 14.5 Å². The largest absolute Gasteiger partial charge is 0.493 e. The molecular formula is C20H17F2N5O3. The fourth-order valence-corrected chi connectivity index (χ4v) is 3.59. The highest BCUT2D eigenvalue weighted by Crippen LogP contribution is 2.36. The number of hydrogen-bond acceptors (Lipinski definition) is 7. The molecule has 0 aliphatic carbocycles. The van der Waals surface area contributed by atoms with Crippen LogP contribution in [0.25, 0.3) is 11.5 Å². The molecule has 1 unspecified atom stereocenters. The number of hydrogen-bond donors (Lipinski definition) is 0. The number of methoxy groups -OCH3 is 1. The van der Waals surface area contributed by atoms with Crippen molar-refractivity contribution in [2.45, 2.75) is 12.5 Å². The Hall–Kier alpha value is -3.69. The van der Waals surface area contributed by atoms with Gasteiger partial charge in [-0.15, -0.1) is 0 Å². The van der Waals surface area contributed by atoms with Crippen LogP contribution < -0.4 is 9.64 Å². The van der Waals surface area contributed by atoms with E-state index in [0.717, 1.165) is 6.07 Å². The van der Waals surface area contributed by atoms with Crippen molar-refractivity contribution >= 4 is 5.69 Å². The Labute approximate surface area is 170 Å². The van der Waals surface area contributed by atoms with E-state index in [-0.39, 0.29) is 11.4 Å². The molecular weight excluding hydrogens is 396 g/mol. The molecule has 1 aromatic carbocycles. The predicted octanol–water partition coefficient (Wildman–Crippen LogP) is 3.21. The molecule has 1 aliphatic heterocycles. The standard InChI is InChI=1S/C20H17F2N5O3/c1-30-18-9-12(8-14(21)19(18)22)26-7-5-15-13(17(26)11-27(28)29)10-24-20(25-15)16-4-2-3-6-23-16/h2-4,6,8-10,17H,5,7,11H2,1H3. The summed E-state index contributed by atoms with van der Waals surface area (Å²) in [5.74, 6) is -2.03. The summed E-state index contributed by atoms with van der Waals surface area (Å²) >= 11 is 0. The van der Waals surface area contributed by atoms with Crippen LogP contribution in [-0.4, -0.2) is 40.1 Å². The van der Waals surface area contributed by atoms with Crippen LogP contribution >= 0.6 is 0 Å². The van der Waals surface area contributed by atoms with Crippen molar-refractivity contribution in [1.82, 2.24) is 15.0 Å². The molecule has 1 atom stereocenters. The average molecular weight is 413 g/mol. The van der Waals surface area contributed by atoms with E-state index in [1.54, 1.807) is 29.4 Å². The van der Waals surface area contributed by atoms with E-state index < -0.39 is 29.1 Å². The third-order valence-electron chi connectivity index (χ3n) is 4.97. The molecule has 1 aliphatic rings. The van der Waals surface area contributed by atoms with Crippen LogP contribution in [0.5, 0.6) is 5.75 Å². The smallest absolute Gasteiger partial charge is 0.228 e. The first-order valence-corrected chi connectivity index (χ1v) is 9.16. The lowest BCUT2D eigenvalue weighted by Crippen LogP contribution is -2.40. The monoisotopic (exact) mass is 413 g/mol. The molecule has 0 fully saturated rings. The van der Waals surface area contributed by atoms with Crippen molar-refractivity contribution in [2.24, 2.45) is 0 Å². The van der Waals surface area contributed by atoms with Crippen molar-refractivity contribution in [1.29, 1.82) is 0 Å². The van der Waals surface area contributed by atoms with E-state index in [1.165, 1.54) is 13.2 Å². The van der Waals surface area contributed by atoms with E-state index in [1.807, 2.05) is 6.07 Å². The first-order valence-electron chi connectivity index (χ1n) is 9.16. The fourth-order valence-electron chi connectivity index (χ4n) is 3.59. The van der Waals surface area contributed by atoms with Crippen molar-refractivity contribution in [3.8, 4) is 17.3 Å². The molecule has 0 amide bonds. The Balaban J connectivity index is 1.76. The third kappa shape index (κ3) is 3.63. The number of nitrogens with zero attached hydrogens (tertiary/aromatic N) is 5. The zero-order chi connectivity index (χ0) is 21.3. The predicted molar refractivity (Wildman–Crippen MR) is 104 cm³/mol. The minimum absolute atomic E-state index is 0.266. The van der Waals surface area contributed by atoms with Crippen LogP contribution in [-0.2, 0) is 6.42 Å². The summed E-state index contributed by atoms with van der Waals surface area (Å²) in [5, 5.41) is 11.4. The van der Waals surface area contributed by atoms with Gasteiger partial charge in [-0.05, 0) is 12.1 Å². The highest BCUT2D eigenvalue weighted by molar-refractivity contribution is 5.56. The SMILES string of the molecule is COc1cc(N2CCc3nc(-c4ccccn4)ncc3C2C[N+](=O)[O-])cc(F)c1F. The lowest BCUT2D eigenvalue weighted by atomic mass is 9.97. The molecule has 3 aromatic rings. The Morgan fingerprint density at radius 3 is 2.83 bits per heavy atom. The lowest BCUT2D eigenvalue weighted by molar-refractivity contribution is -0.483. The number of rotatable bonds is 5. The molecule has 0 N–H and O–H groups in total. The van der Waals surface area contributed by atoms with Gasteiger partial charge in [0.05, 0.1) is 12.8 Å². The fraction of sp³-hybridized carbons (Fsp3) is 0.250. The Kier molecular flexibility index (Phi) is 5.21. The second-order valence-corrected chi connectivity index (χ2v) is 6.73. The van der Waals surface area contributed by atoms with Gasteiger partial charge in [-0.3, -0.25) is 15.1 Å². The molecule has 0 saturated carbocycles. The highest BCUT2D eigenvalue weighted by Gasteiger charge is 2.34. The summed E-state index contributed by atoms with van der Waals surface area (Å²) < 4.78 is 32.8. The number of anilines is 1. The first-order chi connectivity index (χ1) is 14.5. The second-order valence-electron chi connectivity index (χ2n) is 6.73. The van der Waals surface area contributed by atoms with Crippen LogP contribution in [0.3, 0.4) is 0 Å². The Bertz CT molecular complexity index is 1100. The maximum absolute atomic E-state index is 14.1. The topological polar surface area (TPSA) is 94.3 Å². The van der Waals surface area contributed by atoms with Gasteiger partial charge >= 0.3 is 0 Å². The van der Waals surface area contributed by atoms with Crippen LogP contribution in [0.1, 0.15) is 17.3 Å². The molecule has 10 heteroatoms.